The van der Waals surface area contributed by atoms with Gasteiger partial charge < -0.3 is 4.90 Å². The summed E-state index contributed by atoms with van der Waals surface area (Å²) >= 11 is 2.35. The standard InChI is InChI=1S/C6H9F2N3S2/c1-11(2)5-9-10-6(13-5)12-3-4(7)8/h4H,3H2,1-2H3. The minimum atomic E-state index is -2.29. The Kier molecular flexibility index (Phi) is 3.86. The van der Waals surface area contributed by atoms with E-state index in [1.165, 1.54) is 11.3 Å². The van der Waals surface area contributed by atoms with Crippen molar-refractivity contribution in [1.82, 2.24) is 10.2 Å². The van der Waals surface area contributed by atoms with E-state index in [4.69, 9.17) is 0 Å². The molecule has 1 aromatic rings. The molecule has 0 N–H and O–H groups in total. The smallest absolute Gasteiger partial charge is 0.248 e. The van der Waals surface area contributed by atoms with Gasteiger partial charge in [0.15, 0.2) is 4.34 Å². The summed E-state index contributed by atoms with van der Waals surface area (Å²) in [4.78, 5) is 1.80. The molecule has 74 valence electrons. The van der Waals surface area contributed by atoms with Crippen molar-refractivity contribution in [1.29, 1.82) is 0 Å². The van der Waals surface area contributed by atoms with Crippen molar-refractivity contribution in [3.05, 3.63) is 0 Å². The Hall–Kier alpha value is -0.430. The van der Waals surface area contributed by atoms with Gasteiger partial charge in [-0.2, -0.15) is 0 Å². The molecule has 0 fully saturated rings. The molecule has 0 aliphatic heterocycles. The third kappa shape index (κ3) is 3.43. The Morgan fingerprint density at radius 3 is 2.62 bits per heavy atom. The zero-order valence-electron chi connectivity index (χ0n) is 7.20. The highest BCUT2D eigenvalue weighted by Crippen LogP contribution is 2.27. The fourth-order valence-corrected chi connectivity index (χ4v) is 2.11. The molecular formula is C6H9F2N3S2. The van der Waals surface area contributed by atoms with Gasteiger partial charge in [0.2, 0.25) is 11.6 Å². The van der Waals surface area contributed by atoms with Crippen LogP contribution in [0.25, 0.3) is 0 Å². The van der Waals surface area contributed by atoms with Gasteiger partial charge >= 0.3 is 0 Å². The van der Waals surface area contributed by atoms with Gasteiger partial charge in [-0.1, -0.05) is 23.1 Å². The maximum absolute atomic E-state index is 11.8. The van der Waals surface area contributed by atoms with Crippen LogP contribution >= 0.6 is 23.1 Å². The molecule has 0 saturated carbocycles. The first-order valence-corrected chi connectivity index (χ1v) is 5.31. The number of alkyl halides is 2. The van der Waals surface area contributed by atoms with Gasteiger partial charge in [0.25, 0.3) is 0 Å². The minimum Gasteiger partial charge on any atom is -0.353 e. The molecule has 0 aromatic carbocycles. The lowest BCUT2D eigenvalue weighted by Gasteiger charge is -2.03. The van der Waals surface area contributed by atoms with Crippen molar-refractivity contribution >= 4 is 28.2 Å². The maximum Gasteiger partial charge on any atom is 0.248 e. The van der Waals surface area contributed by atoms with E-state index >= 15 is 0 Å². The normalized spacial score (nSPS) is 10.8. The fourth-order valence-electron chi connectivity index (χ4n) is 0.576. The summed E-state index contributed by atoms with van der Waals surface area (Å²) in [6.07, 6.45) is -2.29. The number of hydrogen-bond donors (Lipinski definition) is 0. The second kappa shape index (κ2) is 4.71. The molecule has 0 spiro atoms. The maximum atomic E-state index is 11.8. The SMILES string of the molecule is CN(C)c1nnc(SCC(F)F)s1. The topological polar surface area (TPSA) is 29.0 Å². The number of aromatic nitrogens is 2. The molecule has 0 radical (unpaired) electrons. The van der Waals surface area contributed by atoms with Crippen molar-refractivity contribution < 1.29 is 8.78 Å². The van der Waals surface area contributed by atoms with Crippen molar-refractivity contribution in [2.75, 3.05) is 24.7 Å². The number of hydrogen-bond acceptors (Lipinski definition) is 5. The summed E-state index contributed by atoms with van der Waals surface area (Å²) in [6.45, 7) is 0. The van der Waals surface area contributed by atoms with Crippen molar-refractivity contribution in [2.45, 2.75) is 10.8 Å². The molecule has 0 amide bonds. The Balaban J connectivity index is 2.49. The third-order valence-corrected chi connectivity index (χ3v) is 3.35. The zero-order chi connectivity index (χ0) is 9.84. The van der Waals surface area contributed by atoms with Crippen LogP contribution in [0.15, 0.2) is 4.34 Å². The summed E-state index contributed by atoms with van der Waals surface area (Å²) in [5, 5.41) is 8.32. The van der Waals surface area contributed by atoms with Gasteiger partial charge in [-0.3, -0.25) is 0 Å². The number of rotatable bonds is 4. The lowest BCUT2D eigenvalue weighted by molar-refractivity contribution is 0.177. The van der Waals surface area contributed by atoms with E-state index < -0.39 is 6.43 Å². The van der Waals surface area contributed by atoms with Gasteiger partial charge in [-0.15, -0.1) is 10.2 Å². The molecule has 0 unspecified atom stereocenters. The molecule has 7 heteroatoms. The highest BCUT2D eigenvalue weighted by molar-refractivity contribution is 8.01. The lowest BCUT2D eigenvalue weighted by Crippen LogP contribution is -2.07. The molecule has 0 saturated heterocycles. The summed E-state index contributed by atoms with van der Waals surface area (Å²) in [6, 6.07) is 0. The van der Waals surface area contributed by atoms with E-state index in [0.29, 0.717) is 4.34 Å². The Morgan fingerprint density at radius 1 is 1.46 bits per heavy atom. The van der Waals surface area contributed by atoms with E-state index in [1.807, 2.05) is 14.1 Å². The molecule has 3 nitrogen and oxygen atoms in total. The number of nitrogens with zero attached hydrogens (tertiary/aromatic N) is 3. The van der Waals surface area contributed by atoms with Crippen LogP contribution in [0, 0.1) is 0 Å². The van der Waals surface area contributed by atoms with E-state index in [9.17, 15) is 8.78 Å². The number of thioether (sulfide) groups is 1. The highest BCUT2D eigenvalue weighted by atomic mass is 32.2. The number of halogens is 2. The van der Waals surface area contributed by atoms with Gasteiger partial charge in [0.1, 0.15) is 0 Å². The first kappa shape index (κ1) is 10.6. The molecule has 0 aliphatic rings. The van der Waals surface area contributed by atoms with E-state index in [2.05, 4.69) is 10.2 Å². The lowest BCUT2D eigenvalue weighted by atomic mass is 10.9. The summed E-state index contributed by atoms with van der Waals surface area (Å²) in [5.41, 5.74) is 0. The first-order valence-electron chi connectivity index (χ1n) is 3.51. The molecule has 1 aromatic heterocycles. The third-order valence-electron chi connectivity index (χ3n) is 1.11. The van der Waals surface area contributed by atoms with E-state index in [-0.39, 0.29) is 5.75 Å². The van der Waals surface area contributed by atoms with E-state index in [0.717, 1.165) is 16.9 Å². The van der Waals surface area contributed by atoms with E-state index in [1.54, 1.807) is 4.90 Å². The molecule has 0 aliphatic carbocycles. The molecular weight excluding hydrogens is 216 g/mol. The van der Waals surface area contributed by atoms with Crippen molar-refractivity contribution in [3.8, 4) is 0 Å². The Labute approximate surface area is 83.2 Å². The highest BCUT2D eigenvalue weighted by Gasteiger charge is 2.09. The van der Waals surface area contributed by atoms with Gasteiger partial charge in [0.05, 0.1) is 5.75 Å². The van der Waals surface area contributed by atoms with Crippen LogP contribution in [-0.4, -0.2) is 36.5 Å². The first-order chi connectivity index (χ1) is 6.09. The predicted octanol–water partition coefficient (Wildman–Crippen LogP) is 1.96. The summed E-state index contributed by atoms with van der Waals surface area (Å²) in [5.74, 6) is -0.220. The van der Waals surface area contributed by atoms with Crippen molar-refractivity contribution in [2.24, 2.45) is 0 Å². The zero-order valence-corrected chi connectivity index (χ0v) is 8.83. The average molecular weight is 225 g/mol. The van der Waals surface area contributed by atoms with Gasteiger partial charge in [-0.05, 0) is 0 Å². The van der Waals surface area contributed by atoms with Crippen LogP contribution in [0.1, 0.15) is 0 Å². The average Bonchev–Trinajstić information content (AvgIpc) is 2.48. The second-order valence-corrected chi connectivity index (χ2v) is 4.67. The molecule has 13 heavy (non-hydrogen) atoms. The monoisotopic (exact) mass is 225 g/mol. The second-order valence-electron chi connectivity index (χ2n) is 2.45. The number of anilines is 1. The fraction of sp³-hybridized carbons (Fsp3) is 0.667. The molecule has 1 heterocycles. The minimum absolute atomic E-state index is 0.220. The Bertz CT molecular complexity index is 264. The van der Waals surface area contributed by atoms with Crippen LogP contribution in [0.2, 0.25) is 0 Å². The van der Waals surface area contributed by atoms with Crippen LogP contribution in [-0.2, 0) is 0 Å². The summed E-state index contributed by atoms with van der Waals surface area (Å²) < 4.78 is 24.2. The van der Waals surface area contributed by atoms with Gasteiger partial charge in [0, 0.05) is 14.1 Å². The van der Waals surface area contributed by atoms with Crippen LogP contribution in [0.4, 0.5) is 13.9 Å². The molecule has 0 atom stereocenters. The largest absolute Gasteiger partial charge is 0.353 e. The van der Waals surface area contributed by atoms with Crippen LogP contribution in [0.5, 0.6) is 0 Å². The van der Waals surface area contributed by atoms with Gasteiger partial charge in [-0.25, -0.2) is 8.78 Å². The quantitative estimate of drug-likeness (QED) is 0.732. The molecule has 1 rings (SSSR count). The molecule has 0 bridgehead atoms. The Morgan fingerprint density at radius 2 is 2.15 bits per heavy atom. The predicted molar refractivity (Wildman–Crippen MR) is 51.0 cm³/mol. The van der Waals surface area contributed by atoms with Crippen molar-refractivity contribution in [3.63, 3.8) is 0 Å². The van der Waals surface area contributed by atoms with Crippen LogP contribution in [0.3, 0.4) is 0 Å². The summed E-state index contributed by atoms with van der Waals surface area (Å²) in [7, 11) is 3.67. The van der Waals surface area contributed by atoms with Crippen LogP contribution < -0.4 is 4.90 Å².